The Morgan fingerprint density at radius 1 is 1.08 bits per heavy atom. The minimum absolute atomic E-state index is 0.0398. The van der Waals surface area contributed by atoms with Crippen LogP contribution >= 0.6 is 0 Å². The van der Waals surface area contributed by atoms with Gasteiger partial charge in [0.1, 0.15) is 17.9 Å². The van der Waals surface area contributed by atoms with Crippen LogP contribution in [0.1, 0.15) is 22.3 Å². The molecule has 0 fully saturated rings. The lowest BCUT2D eigenvalue weighted by Gasteiger charge is -2.13. The predicted octanol–water partition coefficient (Wildman–Crippen LogP) is 4.21. The molecule has 0 atom stereocenters. The fourth-order valence-electron chi connectivity index (χ4n) is 2.68. The summed E-state index contributed by atoms with van der Waals surface area (Å²) in [6, 6.07) is 9.91. The molecule has 0 aliphatic heterocycles. The number of non-ortho nitro benzene ring substituents is 1. The Bertz CT molecular complexity index is 1020. The molecule has 6 heteroatoms. The summed E-state index contributed by atoms with van der Waals surface area (Å²) in [5.41, 5.74) is 3.29. The van der Waals surface area contributed by atoms with Crippen LogP contribution in [0, 0.1) is 30.9 Å². The third-order valence-corrected chi connectivity index (χ3v) is 4.20. The molecule has 3 rings (SSSR count). The van der Waals surface area contributed by atoms with E-state index in [9.17, 15) is 14.9 Å². The van der Waals surface area contributed by atoms with Crippen LogP contribution < -0.4 is 10.4 Å². The molecule has 128 valence electrons. The molecule has 1 heterocycles. The molecule has 2 aromatic carbocycles. The third kappa shape index (κ3) is 3.24. The number of hydrogen-bond donors (Lipinski definition) is 0. The van der Waals surface area contributed by atoms with Gasteiger partial charge in [0, 0.05) is 17.7 Å². The van der Waals surface area contributed by atoms with E-state index in [4.69, 9.17) is 9.15 Å². The fourth-order valence-corrected chi connectivity index (χ4v) is 2.68. The topological polar surface area (TPSA) is 82.6 Å². The summed E-state index contributed by atoms with van der Waals surface area (Å²) in [5, 5.41) is 11.5. The normalized spacial score (nSPS) is 10.8. The lowest BCUT2D eigenvalue weighted by Crippen LogP contribution is -2.07. The summed E-state index contributed by atoms with van der Waals surface area (Å²) in [5.74, 6) is 0.623. The standard InChI is InChI=1S/C19H17NO5/c1-11-8-16(18-12(2)13(3)19(21)25-17(18)9-11)24-10-14-4-6-15(7-5-14)20(22)23/h4-9H,10H2,1-3H3. The molecule has 6 nitrogen and oxygen atoms in total. The second-order valence-electron chi connectivity index (χ2n) is 5.99. The maximum atomic E-state index is 11.9. The number of aryl methyl sites for hydroxylation is 2. The number of nitro benzene ring substituents is 1. The highest BCUT2D eigenvalue weighted by molar-refractivity contribution is 5.88. The van der Waals surface area contributed by atoms with E-state index in [2.05, 4.69) is 0 Å². The van der Waals surface area contributed by atoms with Gasteiger partial charge in [0.05, 0.1) is 10.3 Å². The minimum Gasteiger partial charge on any atom is -0.488 e. The molecule has 0 aliphatic rings. The summed E-state index contributed by atoms with van der Waals surface area (Å²) in [7, 11) is 0. The summed E-state index contributed by atoms with van der Waals surface area (Å²) < 4.78 is 11.3. The first-order valence-corrected chi connectivity index (χ1v) is 7.77. The molecule has 0 unspecified atom stereocenters. The summed E-state index contributed by atoms with van der Waals surface area (Å²) in [6.07, 6.45) is 0. The van der Waals surface area contributed by atoms with Gasteiger partial charge in [-0.15, -0.1) is 0 Å². The zero-order valence-corrected chi connectivity index (χ0v) is 14.2. The van der Waals surface area contributed by atoms with E-state index in [1.54, 1.807) is 19.1 Å². The number of benzene rings is 2. The largest absolute Gasteiger partial charge is 0.488 e. The van der Waals surface area contributed by atoms with Crippen LogP contribution in [0.3, 0.4) is 0 Å². The van der Waals surface area contributed by atoms with Crippen molar-refractivity contribution in [1.82, 2.24) is 0 Å². The van der Waals surface area contributed by atoms with Gasteiger partial charge in [-0.25, -0.2) is 4.79 Å². The SMILES string of the molecule is Cc1cc(OCc2ccc([N+](=O)[O-])cc2)c2c(C)c(C)c(=O)oc2c1. The average Bonchev–Trinajstić information content (AvgIpc) is 2.57. The Labute approximate surface area is 143 Å². The van der Waals surface area contributed by atoms with E-state index < -0.39 is 4.92 Å². The van der Waals surface area contributed by atoms with Crippen LogP contribution in [0.2, 0.25) is 0 Å². The quantitative estimate of drug-likeness (QED) is 0.404. The lowest BCUT2D eigenvalue weighted by molar-refractivity contribution is -0.384. The number of fused-ring (bicyclic) bond motifs is 1. The molecule has 0 radical (unpaired) electrons. The minimum atomic E-state index is -0.438. The molecule has 1 aromatic heterocycles. The number of ether oxygens (including phenoxy) is 1. The monoisotopic (exact) mass is 339 g/mol. The van der Waals surface area contributed by atoms with Crippen molar-refractivity contribution in [3.63, 3.8) is 0 Å². The molecule has 25 heavy (non-hydrogen) atoms. The van der Waals surface area contributed by atoms with Crippen LogP contribution in [-0.2, 0) is 6.61 Å². The van der Waals surface area contributed by atoms with Crippen molar-refractivity contribution in [3.8, 4) is 5.75 Å². The first-order valence-electron chi connectivity index (χ1n) is 7.77. The number of nitro groups is 1. The molecule has 0 saturated carbocycles. The van der Waals surface area contributed by atoms with Gasteiger partial charge in [0.15, 0.2) is 0 Å². The zero-order chi connectivity index (χ0) is 18.1. The molecule has 0 aliphatic carbocycles. The molecule has 0 spiro atoms. The second kappa shape index (κ2) is 6.39. The molecule has 0 N–H and O–H groups in total. The smallest absolute Gasteiger partial charge is 0.339 e. The maximum absolute atomic E-state index is 11.9. The van der Waals surface area contributed by atoms with Crippen LogP contribution in [-0.4, -0.2) is 4.92 Å². The summed E-state index contributed by atoms with van der Waals surface area (Å²) >= 11 is 0. The highest BCUT2D eigenvalue weighted by Crippen LogP contribution is 2.31. The highest BCUT2D eigenvalue weighted by Gasteiger charge is 2.14. The van der Waals surface area contributed by atoms with Gasteiger partial charge in [-0.05, 0) is 61.7 Å². The van der Waals surface area contributed by atoms with Crippen molar-refractivity contribution in [1.29, 1.82) is 0 Å². The average molecular weight is 339 g/mol. The lowest BCUT2D eigenvalue weighted by atomic mass is 10.0. The van der Waals surface area contributed by atoms with Gasteiger partial charge in [-0.1, -0.05) is 0 Å². The van der Waals surface area contributed by atoms with E-state index in [1.165, 1.54) is 12.1 Å². The van der Waals surface area contributed by atoms with E-state index >= 15 is 0 Å². The van der Waals surface area contributed by atoms with Gasteiger partial charge < -0.3 is 9.15 Å². The molecule has 0 bridgehead atoms. The van der Waals surface area contributed by atoms with Crippen molar-refractivity contribution < 1.29 is 14.1 Å². The third-order valence-electron chi connectivity index (χ3n) is 4.20. The van der Waals surface area contributed by atoms with Crippen LogP contribution in [0.15, 0.2) is 45.6 Å². The van der Waals surface area contributed by atoms with E-state index in [1.807, 2.05) is 26.0 Å². The van der Waals surface area contributed by atoms with E-state index in [0.717, 1.165) is 22.1 Å². The highest BCUT2D eigenvalue weighted by atomic mass is 16.6. The van der Waals surface area contributed by atoms with Crippen molar-refractivity contribution in [2.75, 3.05) is 0 Å². The van der Waals surface area contributed by atoms with Gasteiger partial charge in [-0.3, -0.25) is 10.1 Å². The predicted molar refractivity (Wildman–Crippen MR) is 94.1 cm³/mol. The molecular formula is C19H17NO5. The maximum Gasteiger partial charge on any atom is 0.339 e. The number of nitrogens with zero attached hydrogens (tertiary/aromatic N) is 1. The Hall–Kier alpha value is -3.15. The van der Waals surface area contributed by atoms with Gasteiger partial charge in [0.2, 0.25) is 0 Å². The van der Waals surface area contributed by atoms with Crippen LogP contribution in [0.5, 0.6) is 5.75 Å². The van der Waals surface area contributed by atoms with Gasteiger partial charge >= 0.3 is 5.63 Å². The number of rotatable bonds is 4. The Balaban J connectivity index is 1.97. The Morgan fingerprint density at radius 3 is 2.40 bits per heavy atom. The fraction of sp³-hybridized carbons (Fsp3) is 0.211. The molecular weight excluding hydrogens is 322 g/mol. The van der Waals surface area contributed by atoms with Crippen LogP contribution in [0.25, 0.3) is 11.0 Å². The van der Waals surface area contributed by atoms with Crippen molar-refractivity contribution >= 4 is 16.7 Å². The van der Waals surface area contributed by atoms with Crippen LogP contribution in [0.4, 0.5) is 5.69 Å². The van der Waals surface area contributed by atoms with Crippen molar-refractivity contribution in [2.45, 2.75) is 27.4 Å². The van der Waals surface area contributed by atoms with Gasteiger partial charge in [-0.2, -0.15) is 0 Å². The molecule has 3 aromatic rings. The van der Waals surface area contributed by atoms with Crippen molar-refractivity contribution in [2.24, 2.45) is 0 Å². The molecule has 0 saturated heterocycles. The zero-order valence-electron chi connectivity index (χ0n) is 14.2. The van der Waals surface area contributed by atoms with Crippen molar-refractivity contribution in [3.05, 3.63) is 79.2 Å². The van der Waals surface area contributed by atoms with Gasteiger partial charge in [0.25, 0.3) is 5.69 Å². The Kier molecular flexibility index (Phi) is 4.27. The summed E-state index contributed by atoms with van der Waals surface area (Å²) in [6.45, 7) is 5.74. The van der Waals surface area contributed by atoms with E-state index in [-0.39, 0.29) is 17.9 Å². The first kappa shape index (κ1) is 16.7. The number of hydrogen-bond acceptors (Lipinski definition) is 5. The van der Waals surface area contributed by atoms with E-state index in [0.29, 0.717) is 16.9 Å². The second-order valence-corrected chi connectivity index (χ2v) is 5.99. The molecule has 0 amide bonds. The first-order chi connectivity index (χ1) is 11.9. The summed E-state index contributed by atoms with van der Waals surface area (Å²) in [4.78, 5) is 22.2. The Morgan fingerprint density at radius 2 is 1.76 bits per heavy atom.